The van der Waals surface area contributed by atoms with Gasteiger partial charge in [-0.15, -0.1) is 0 Å². The van der Waals surface area contributed by atoms with Crippen molar-refractivity contribution in [1.29, 1.82) is 0 Å². The van der Waals surface area contributed by atoms with Gasteiger partial charge in [0.25, 0.3) is 0 Å². The molecule has 1 aliphatic rings. The summed E-state index contributed by atoms with van der Waals surface area (Å²) in [5.41, 5.74) is 3.34. The summed E-state index contributed by atoms with van der Waals surface area (Å²) in [5.74, 6) is 1.85. The highest BCUT2D eigenvalue weighted by molar-refractivity contribution is 5.39. The third-order valence-corrected chi connectivity index (χ3v) is 4.65. The molecule has 1 N–H and O–H groups in total. The van der Waals surface area contributed by atoms with Crippen LogP contribution in [0.4, 0.5) is 5.82 Å². The van der Waals surface area contributed by atoms with Gasteiger partial charge in [0.1, 0.15) is 0 Å². The molecule has 0 saturated carbocycles. The van der Waals surface area contributed by atoms with Gasteiger partial charge in [-0.05, 0) is 26.3 Å². The number of anilines is 1. The molecule has 0 radical (unpaired) electrons. The maximum Gasteiger partial charge on any atom is 0.234 e. The van der Waals surface area contributed by atoms with E-state index in [1.165, 1.54) is 5.69 Å². The van der Waals surface area contributed by atoms with Crippen LogP contribution in [-0.4, -0.2) is 43.3 Å². The number of fused-ring (bicyclic) bond motifs is 1. The normalized spacial score (nSPS) is 18.0. The summed E-state index contributed by atoms with van der Waals surface area (Å²) >= 11 is 0. The molecule has 0 spiro atoms. The topological polar surface area (TPSA) is 63.3 Å². The fourth-order valence-electron chi connectivity index (χ4n) is 3.48. The third-order valence-electron chi connectivity index (χ3n) is 4.65. The number of hydrogen-bond acceptors (Lipinski definition) is 5. The molecule has 1 atom stereocenters. The fourth-order valence-corrected chi connectivity index (χ4v) is 3.48. The molecule has 1 aliphatic heterocycles. The van der Waals surface area contributed by atoms with Crippen LogP contribution in [0.5, 0.6) is 0 Å². The van der Waals surface area contributed by atoms with Crippen LogP contribution in [-0.2, 0) is 13.6 Å². The van der Waals surface area contributed by atoms with Gasteiger partial charge in [-0.25, -0.2) is 9.97 Å². The van der Waals surface area contributed by atoms with E-state index in [1.54, 1.807) is 0 Å². The minimum Gasteiger partial charge on any atom is -0.354 e. The quantitative estimate of drug-likeness (QED) is 0.786. The van der Waals surface area contributed by atoms with Crippen molar-refractivity contribution < 1.29 is 0 Å². The van der Waals surface area contributed by atoms with Crippen molar-refractivity contribution in [1.82, 2.24) is 29.5 Å². The molecule has 0 aliphatic carbocycles. The molecule has 7 heteroatoms. The summed E-state index contributed by atoms with van der Waals surface area (Å²) in [5, 5.41) is 8.15. The Hall–Kier alpha value is -2.41. The Morgan fingerprint density at radius 1 is 1.33 bits per heavy atom. The minimum absolute atomic E-state index is 0.469. The van der Waals surface area contributed by atoms with Gasteiger partial charge in [0, 0.05) is 56.4 Å². The first kappa shape index (κ1) is 15.1. The van der Waals surface area contributed by atoms with Crippen molar-refractivity contribution >= 4 is 11.6 Å². The van der Waals surface area contributed by atoms with Gasteiger partial charge >= 0.3 is 0 Å². The predicted octanol–water partition coefficient (Wildman–Crippen LogP) is 1.45. The molecule has 0 aromatic carbocycles. The van der Waals surface area contributed by atoms with E-state index in [1.807, 2.05) is 31.0 Å². The molecule has 1 unspecified atom stereocenters. The Bertz CT molecular complexity index is 863. The van der Waals surface area contributed by atoms with Crippen LogP contribution in [0.15, 0.2) is 24.5 Å². The number of aryl methyl sites for hydroxylation is 3. The Balaban J connectivity index is 1.43. The van der Waals surface area contributed by atoms with Gasteiger partial charge in [0.05, 0.1) is 11.9 Å². The SMILES string of the molecule is Cc1cc(C)n2c(CNC3CCN(c4ccn(C)n4)C3)cnc2n1. The van der Waals surface area contributed by atoms with Crippen LogP contribution in [0.3, 0.4) is 0 Å². The lowest BCUT2D eigenvalue weighted by molar-refractivity contribution is 0.543. The van der Waals surface area contributed by atoms with Gasteiger partial charge < -0.3 is 10.2 Å². The molecule has 0 bridgehead atoms. The number of rotatable bonds is 4. The van der Waals surface area contributed by atoms with Gasteiger partial charge in [-0.1, -0.05) is 0 Å². The van der Waals surface area contributed by atoms with Crippen LogP contribution in [0.1, 0.15) is 23.5 Å². The Morgan fingerprint density at radius 2 is 2.21 bits per heavy atom. The van der Waals surface area contributed by atoms with Crippen molar-refractivity contribution in [3.63, 3.8) is 0 Å². The van der Waals surface area contributed by atoms with Crippen LogP contribution in [0.2, 0.25) is 0 Å². The zero-order valence-corrected chi connectivity index (χ0v) is 14.4. The second-order valence-corrected chi connectivity index (χ2v) is 6.58. The maximum absolute atomic E-state index is 4.50. The van der Waals surface area contributed by atoms with E-state index >= 15 is 0 Å². The number of nitrogens with zero attached hydrogens (tertiary/aromatic N) is 6. The highest BCUT2D eigenvalue weighted by atomic mass is 15.3. The van der Waals surface area contributed by atoms with E-state index in [0.29, 0.717) is 6.04 Å². The molecule has 0 amide bonds. The van der Waals surface area contributed by atoms with Crippen molar-refractivity contribution in [2.24, 2.45) is 7.05 Å². The second-order valence-electron chi connectivity index (χ2n) is 6.58. The zero-order valence-electron chi connectivity index (χ0n) is 14.4. The van der Waals surface area contributed by atoms with Crippen molar-refractivity contribution in [2.45, 2.75) is 32.9 Å². The molecule has 1 saturated heterocycles. The van der Waals surface area contributed by atoms with E-state index in [2.05, 4.69) is 48.7 Å². The molecule has 3 aromatic rings. The first-order valence-corrected chi connectivity index (χ1v) is 8.39. The van der Waals surface area contributed by atoms with Gasteiger partial charge in [0.15, 0.2) is 5.82 Å². The van der Waals surface area contributed by atoms with Gasteiger partial charge in [0.2, 0.25) is 5.78 Å². The summed E-state index contributed by atoms with van der Waals surface area (Å²) in [6.45, 7) is 6.94. The minimum atomic E-state index is 0.469. The molecule has 126 valence electrons. The average molecular weight is 325 g/mol. The van der Waals surface area contributed by atoms with Crippen LogP contribution in [0, 0.1) is 13.8 Å². The Kier molecular flexibility index (Phi) is 3.72. The second kappa shape index (κ2) is 5.90. The first-order chi connectivity index (χ1) is 11.6. The summed E-state index contributed by atoms with van der Waals surface area (Å²) in [4.78, 5) is 11.3. The number of imidazole rings is 1. The number of nitrogens with one attached hydrogen (secondary N) is 1. The molecule has 7 nitrogen and oxygen atoms in total. The molecule has 4 rings (SSSR count). The van der Waals surface area contributed by atoms with Crippen molar-refractivity contribution in [2.75, 3.05) is 18.0 Å². The summed E-state index contributed by atoms with van der Waals surface area (Å²) < 4.78 is 3.98. The monoisotopic (exact) mass is 325 g/mol. The lowest BCUT2D eigenvalue weighted by Gasteiger charge is -2.16. The highest BCUT2D eigenvalue weighted by Gasteiger charge is 2.23. The van der Waals surface area contributed by atoms with Gasteiger partial charge in [-0.3, -0.25) is 9.08 Å². The molecular formula is C17H23N7. The molecule has 24 heavy (non-hydrogen) atoms. The fraction of sp³-hybridized carbons (Fsp3) is 0.471. The lowest BCUT2D eigenvalue weighted by Crippen LogP contribution is -2.32. The zero-order chi connectivity index (χ0) is 16.7. The number of aromatic nitrogens is 5. The van der Waals surface area contributed by atoms with Crippen LogP contribution < -0.4 is 10.2 Å². The maximum atomic E-state index is 4.50. The largest absolute Gasteiger partial charge is 0.354 e. The molecule has 1 fully saturated rings. The molecule has 3 aromatic heterocycles. The number of hydrogen-bond donors (Lipinski definition) is 1. The first-order valence-electron chi connectivity index (χ1n) is 8.39. The van der Waals surface area contributed by atoms with Crippen LogP contribution >= 0.6 is 0 Å². The highest BCUT2D eigenvalue weighted by Crippen LogP contribution is 2.18. The van der Waals surface area contributed by atoms with E-state index < -0.39 is 0 Å². The smallest absolute Gasteiger partial charge is 0.234 e. The van der Waals surface area contributed by atoms with Gasteiger partial charge in [-0.2, -0.15) is 5.10 Å². The third kappa shape index (κ3) is 2.75. The van der Waals surface area contributed by atoms with E-state index in [4.69, 9.17) is 0 Å². The summed E-state index contributed by atoms with van der Waals surface area (Å²) in [7, 11) is 1.96. The molecular weight excluding hydrogens is 302 g/mol. The Labute approximate surface area is 141 Å². The van der Waals surface area contributed by atoms with E-state index in [-0.39, 0.29) is 0 Å². The predicted molar refractivity (Wildman–Crippen MR) is 93.1 cm³/mol. The summed E-state index contributed by atoms with van der Waals surface area (Å²) in [6.07, 6.45) is 5.04. The van der Waals surface area contributed by atoms with Crippen molar-refractivity contribution in [3.05, 3.63) is 41.6 Å². The molecule has 4 heterocycles. The van der Waals surface area contributed by atoms with Crippen LogP contribution in [0.25, 0.3) is 5.78 Å². The van der Waals surface area contributed by atoms with E-state index in [0.717, 1.165) is 49.0 Å². The van der Waals surface area contributed by atoms with Crippen molar-refractivity contribution in [3.8, 4) is 0 Å². The Morgan fingerprint density at radius 3 is 3.00 bits per heavy atom. The average Bonchev–Trinajstić information content (AvgIpc) is 3.24. The van der Waals surface area contributed by atoms with E-state index in [9.17, 15) is 0 Å². The standard InChI is InChI=1S/C17H23N7/c1-12-8-13(2)24-15(10-19-17(24)20-12)9-18-14-4-7-23(11-14)16-5-6-22(3)21-16/h5-6,8,10,14,18H,4,7,9,11H2,1-3H3. The summed E-state index contributed by atoms with van der Waals surface area (Å²) in [6, 6.07) is 4.64. The lowest BCUT2D eigenvalue weighted by atomic mass is 10.2.